The first-order valence-electron chi connectivity index (χ1n) is 14.1. The van der Waals surface area contributed by atoms with E-state index in [9.17, 15) is 13.6 Å². The van der Waals surface area contributed by atoms with E-state index in [1.54, 1.807) is 12.1 Å². The summed E-state index contributed by atoms with van der Waals surface area (Å²) in [7, 11) is 0. The molecule has 0 spiro atoms. The minimum Gasteiger partial charge on any atom is -0.494 e. The van der Waals surface area contributed by atoms with Crippen LogP contribution in [0, 0.1) is 11.6 Å². The second-order valence-electron chi connectivity index (χ2n) is 10.4. The summed E-state index contributed by atoms with van der Waals surface area (Å²) < 4.78 is 41.5. The maximum atomic E-state index is 14.3. The molecule has 0 saturated carbocycles. The van der Waals surface area contributed by atoms with E-state index < -0.39 is 23.3 Å². The van der Waals surface area contributed by atoms with Crippen molar-refractivity contribution in [1.29, 1.82) is 0 Å². The number of hydrogen-bond acceptors (Lipinski definition) is 5. The van der Waals surface area contributed by atoms with Crippen molar-refractivity contribution < 1.29 is 28.2 Å². The number of aliphatic imine (C=N–C) groups is 1. The summed E-state index contributed by atoms with van der Waals surface area (Å²) in [6.45, 7) is 0.571. The van der Waals surface area contributed by atoms with E-state index in [1.807, 2.05) is 60.7 Å². The number of nitrogens with zero attached hydrogens (tertiary/aromatic N) is 1. The first-order chi connectivity index (χ1) is 21.3. The van der Waals surface area contributed by atoms with Crippen LogP contribution >= 0.6 is 31.9 Å². The van der Waals surface area contributed by atoms with Crippen molar-refractivity contribution in [3.8, 4) is 5.75 Å². The zero-order chi connectivity index (χ0) is 31.1. The highest BCUT2D eigenvalue weighted by Gasteiger charge is 2.53. The van der Waals surface area contributed by atoms with Crippen LogP contribution in [0.25, 0.3) is 0 Å². The number of carbonyl (C=O) groups excluding carboxylic acids is 1. The van der Waals surface area contributed by atoms with Crippen molar-refractivity contribution in [2.24, 2.45) is 4.99 Å². The van der Waals surface area contributed by atoms with E-state index in [4.69, 9.17) is 19.6 Å². The normalized spacial score (nSPS) is 17.6. The zero-order valence-electron chi connectivity index (χ0n) is 23.6. The Bertz CT molecular complexity index is 1600. The van der Waals surface area contributed by atoms with Gasteiger partial charge in [-0.05, 0) is 83.8 Å². The number of rotatable bonds is 12. The highest BCUT2D eigenvalue weighted by Crippen LogP contribution is 2.43. The van der Waals surface area contributed by atoms with Crippen LogP contribution in [0.3, 0.4) is 0 Å². The summed E-state index contributed by atoms with van der Waals surface area (Å²) in [5.41, 5.74) is 1.33. The summed E-state index contributed by atoms with van der Waals surface area (Å²) >= 11 is 6.96. The van der Waals surface area contributed by atoms with Gasteiger partial charge in [0.05, 0.1) is 6.61 Å². The Morgan fingerprint density at radius 2 is 1.55 bits per heavy atom. The maximum Gasteiger partial charge on any atom is 0.252 e. The molecule has 0 aliphatic carbocycles. The van der Waals surface area contributed by atoms with Gasteiger partial charge in [0, 0.05) is 46.6 Å². The predicted molar refractivity (Wildman–Crippen MR) is 172 cm³/mol. The first kappa shape index (κ1) is 31.8. The molecule has 228 valence electrons. The molecule has 10 heteroatoms. The number of aliphatic hydroxyl groups excluding tert-OH is 1. The van der Waals surface area contributed by atoms with Crippen LogP contribution in [0.1, 0.15) is 34.8 Å². The SMILES string of the molecule is O=C(NCCc1cc(F)cc(F)c1)[C@]1(Cc2ccc(Br)cc2)N=C(c2ccc(OCCCO)cc2)O[C@@H]1c1ccc(Br)cc1. The van der Waals surface area contributed by atoms with Gasteiger partial charge in [0.1, 0.15) is 17.4 Å². The topological polar surface area (TPSA) is 80.2 Å². The molecular formula is C34H30Br2F2N2O4. The molecule has 0 fully saturated rings. The van der Waals surface area contributed by atoms with Gasteiger partial charge in [-0.1, -0.05) is 56.1 Å². The number of carbonyl (C=O) groups is 1. The predicted octanol–water partition coefficient (Wildman–Crippen LogP) is 7.11. The quantitative estimate of drug-likeness (QED) is 0.153. The second-order valence-corrected chi connectivity index (χ2v) is 12.3. The molecule has 44 heavy (non-hydrogen) atoms. The Labute approximate surface area is 271 Å². The Hall–Kier alpha value is -3.60. The molecule has 1 aliphatic heterocycles. The number of benzene rings is 4. The maximum absolute atomic E-state index is 14.3. The van der Waals surface area contributed by atoms with Gasteiger partial charge in [-0.25, -0.2) is 13.8 Å². The fourth-order valence-electron chi connectivity index (χ4n) is 5.06. The fraction of sp³-hybridized carbons (Fsp3) is 0.235. The number of ether oxygens (including phenoxy) is 2. The Balaban J connectivity index is 1.51. The monoisotopic (exact) mass is 726 g/mol. The minimum absolute atomic E-state index is 0.0435. The summed E-state index contributed by atoms with van der Waals surface area (Å²) in [5, 5.41) is 12.0. The lowest BCUT2D eigenvalue weighted by atomic mass is 9.82. The molecule has 2 N–H and O–H groups in total. The zero-order valence-corrected chi connectivity index (χ0v) is 26.8. The highest BCUT2D eigenvalue weighted by atomic mass is 79.9. The Morgan fingerprint density at radius 3 is 2.18 bits per heavy atom. The van der Waals surface area contributed by atoms with Crippen LogP contribution in [-0.4, -0.2) is 42.2 Å². The van der Waals surface area contributed by atoms with E-state index in [1.165, 1.54) is 12.1 Å². The lowest BCUT2D eigenvalue weighted by molar-refractivity contribution is -0.128. The van der Waals surface area contributed by atoms with Crippen molar-refractivity contribution in [3.63, 3.8) is 0 Å². The van der Waals surface area contributed by atoms with Gasteiger partial charge in [0.15, 0.2) is 11.6 Å². The Kier molecular flexibility index (Phi) is 10.5. The van der Waals surface area contributed by atoms with Crippen LogP contribution in [0.15, 0.2) is 105 Å². The van der Waals surface area contributed by atoms with Gasteiger partial charge in [0.2, 0.25) is 5.90 Å². The van der Waals surface area contributed by atoms with E-state index in [-0.39, 0.29) is 31.9 Å². The van der Waals surface area contributed by atoms with E-state index in [2.05, 4.69) is 37.2 Å². The Morgan fingerprint density at radius 1 is 0.909 bits per heavy atom. The standard InChI is InChI=1S/C34H30Br2F2N2O4/c35-26-8-2-22(3-9-26)21-34(33(42)39-15-14-23-18-28(37)20-29(38)19-23)31(24-4-10-27(36)11-5-24)44-32(40-34)25-6-12-30(13-7-25)43-17-1-16-41/h2-13,18-20,31,41H,1,14-17,21H2,(H,39,42)/t31-,34-/m1/s1. The molecule has 0 unspecified atom stereocenters. The number of halogens is 4. The molecule has 0 aromatic heterocycles. The van der Waals surface area contributed by atoms with Crippen molar-refractivity contribution in [2.45, 2.75) is 30.9 Å². The molecule has 1 amide bonds. The second kappa shape index (κ2) is 14.5. The van der Waals surface area contributed by atoms with Crippen LogP contribution in [0.5, 0.6) is 5.75 Å². The third-order valence-electron chi connectivity index (χ3n) is 7.21. The molecule has 5 rings (SSSR count). The number of nitrogens with one attached hydrogen (secondary N) is 1. The third kappa shape index (κ3) is 7.72. The molecular weight excluding hydrogens is 698 g/mol. The number of hydrogen-bond donors (Lipinski definition) is 2. The minimum atomic E-state index is -1.40. The first-order valence-corrected chi connectivity index (χ1v) is 15.7. The molecule has 1 aliphatic rings. The molecule has 4 aromatic carbocycles. The van der Waals surface area contributed by atoms with Crippen LogP contribution in [0.2, 0.25) is 0 Å². The lowest BCUT2D eigenvalue weighted by Gasteiger charge is -2.31. The van der Waals surface area contributed by atoms with E-state index in [0.29, 0.717) is 35.8 Å². The highest BCUT2D eigenvalue weighted by molar-refractivity contribution is 9.10. The van der Waals surface area contributed by atoms with Crippen LogP contribution in [-0.2, 0) is 22.4 Å². The summed E-state index contributed by atoms with van der Waals surface area (Å²) in [6, 6.07) is 25.8. The average molecular weight is 728 g/mol. The van der Waals surface area contributed by atoms with Crippen molar-refractivity contribution in [2.75, 3.05) is 19.8 Å². The molecule has 0 bridgehead atoms. The molecule has 4 aromatic rings. The molecule has 0 saturated heterocycles. The van der Waals surface area contributed by atoms with E-state index >= 15 is 0 Å². The average Bonchev–Trinajstić information content (AvgIpc) is 3.39. The molecule has 2 atom stereocenters. The lowest BCUT2D eigenvalue weighted by Crippen LogP contribution is -2.50. The van der Waals surface area contributed by atoms with Crippen LogP contribution < -0.4 is 10.1 Å². The van der Waals surface area contributed by atoms with Gasteiger partial charge in [-0.15, -0.1) is 0 Å². The number of amides is 1. The number of aliphatic hydroxyl groups is 1. The van der Waals surface area contributed by atoms with Crippen molar-refractivity contribution in [3.05, 3.63) is 134 Å². The fourth-order valence-corrected chi connectivity index (χ4v) is 5.59. The molecule has 0 radical (unpaired) electrons. The van der Waals surface area contributed by atoms with Gasteiger partial charge in [-0.2, -0.15) is 0 Å². The largest absolute Gasteiger partial charge is 0.494 e. The molecule has 6 nitrogen and oxygen atoms in total. The smallest absolute Gasteiger partial charge is 0.252 e. The third-order valence-corrected chi connectivity index (χ3v) is 8.27. The van der Waals surface area contributed by atoms with Gasteiger partial charge >= 0.3 is 0 Å². The van der Waals surface area contributed by atoms with Crippen molar-refractivity contribution in [1.82, 2.24) is 5.32 Å². The van der Waals surface area contributed by atoms with E-state index in [0.717, 1.165) is 26.1 Å². The summed E-state index contributed by atoms with van der Waals surface area (Å²) in [4.78, 5) is 19.3. The summed E-state index contributed by atoms with van der Waals surface area (Å²) in [6.07, 6.45) is 0.204. The van der Waals surface area contributed by atoms with Gasteiger partial charge < -0.3 is 19.9 Å². The summed E-state index contributed by atoms with van der Waals surface area (Å²) in [5.74, 6) is -0.769. The van der Waals surface area contributed by atoms with Gasteiger partial charge in [-0.3, -0.25) is 4.79 Å². The van der Waals surface area contributed by atoms with Gasteiger partial charge in [0.25, 0.3) is 5.91 Å². The molecule has 1 heterocycles. The van der Waals surface area contributed by atoms with Crippen molar-refractivity contribution >= 4 is 43.7 Å². The van der Waals surface area contributed by atoms with Crippen LogP contribution in [0.4, 0.5) is 8.78 Å².